The lowest BCUT2D eigenvalue weighted by Crippen LogP contribution is -2.28. The molecule has 1 unspecified atom stereocenters. The van der Waals surface area contributed by atoms with E-state index >= 15 is 0 Å². The number of nitrogens with one attached hydrogen (secondary N) is 1. The third-order valence-electron chi connectivity index (χ3n) is 4.68. The third-order valence-corrected chi connectivity index (χ3v) is 5.57. The number of benzene rings is 2. The van der Waals surface area contributed by atoms with Crippen LogP contribution in [0.4, 0.5) is 0 Å². The van der Waals surface area contributed by atoms with Gasteiger partial charge in [0.15, 0.2) is 4.96 Å². The maximum atomic E-state index is 12.6. The molecule has 2 aromatic heterocycles. The number of carbonyl (C=O) groups excluding carboxylic acids is 1. The van der Waals surface area contributed by atoms with Crippen molar-refractivity contribution in [2.45, 2.75) is 19.4 Å². The van der Waals surface area contributed by atoms with Crippen LogP contribution in [0.5, 0.6) is 5.75 Å². The van der Waals surface area contributed by atoms with Gasteiger partial charge in [-0.2, -0.15) is 0 Å². The van der Waals surface area contributed by atoms with E-state index in [1.54, 1.807) is 18.4 Å². The molecule has 0 saturated carbocycles. The van der Waals surface area contributed by atoms with Crippen LogP contribution in [0.15, 0.2) is 66.2 Å². The van der Waals surface area contributed by atoms with E-state index in [0.717, 1.165) is 33.2 Å². The number of thiazole rings is 1. The zero-order valence-corrected chi connectivity index (χ0v) is 16.6. The van der Waals surface area contributed by atoms with Gasteiger partial charge < -0.3 is 10.1 Å². The number of fused-ring (bicyclic) bond motifs is 1. The first kappa shape index (κ1) is 18.3. The van der Waals surface area contributed by atoms with Crippen molar-refractivity contribution < 1.29 is 9.53 Å². The molecule has 1 N–H and O–H groups in total. The number of amides is 1. The van der Waals surface area contributed by atoms with Crippen molar-refractivity contribution in [3.63, 3.8) is 0 Å². The molecule has 0 aliphatic rings. The lowest BCUT2D eigenvalue weighted by Gasteiger charge is -2.17. The Morgan fingerprint density at radius 3 is 2.71 bits per heavy atom. The van der Waals surface area contributed by atoms with Crippen molar-refractivity contribution in [1.82, 2.24) is 14.7 Å². The largest absolute Gasteiger partial charge is 0.496 e. The Balaban J connectivity index is 1.50. The summed E-state index contributed by atoms with van der Waals surface area (Å²) in [4.78, 5) is 18.2. The van der Waals surface area contributed by atoms with Crippen LogP contribution in [-0.4, -0.2) is 22.4 Å². The summed E-state index contributed by atoms with van der Waals surface area (Å²) >= 11 is 1.54. The molecule has 0 radical (unpaired) electrons. The minimum Gasteiger partial charge on any atom is -0.496 e. The molecule has 1 amide bonds. The van der Waals surface area contributed by atoms with Gasteiger partial charge in [0.25, 0.3) is 0 Å². The number of methoxy groups -OCH3 is 1. The number of hydrogen-bond donors (Lipinski definition) is 1. The number of aromatic nitrogens is 2. The number of hydrogen-bond acceptors (Lipinski definition) is 4. The SMILES string of the molecule is COc1ccccc1C(C)NC(=O)Cc1csc2nc(-c3ccccc3)cn12. The molecule has 142 valence electrons. The molecule has 2 heterocycles. The Morgan fingerprint density at radius 1 is 1.18 bits per heavy atom. The molecular formula is C22H21N3O2S. The fourth-order valence-corrected chi connectivity index (χ4v) is 4.14. The summed E-state index contributed by atoms with van der Waals surface area (Å²) < 4.78 is 7.39. The number of ether oxygens (including phenoxy) is 1. The van der Waals surface area contributed by atoms with Crippen LogP contribution in [-0.2, 0) is 11.2 Å². The van der Waals surface area contributed by atoms with Crippen molar-refractivity contribution in [3.8, 4) is 17.0 Å². The van der Waals surface area contributed by atoms with Crippen LogP contribution in [0, 0.1) is 0 Å². The van der Waals surface area contributed by atoms with Crippen molar-refractivity contribution in [1.29, 1.82) is 0 Å². The molecule has 0 aliphatic heterocycles. The second-order valence-electron chi connectivity index (χ2n) is 6.58. The lowest BCUT2D eigenvalue weighted by atomic mass is 10.1. The topological polar surface area (TPSA) is 55.6 Å². The molecule has 2 aromatic carbocycles. The Hall–Kier alpha value is -3.12. The van der Waals surface area contributed by atoms with E-state index in [1.807, 2.05) is 77.5 Å². The van der Waals surface area contributed by atoms with Gasteiger partial charge in [-0.3, -0.25) is 9.20 Å². The van der Waals surface area contributed by atoms with Crippen molar-refractivity contribution in [2.24, 2.45) is 0 Å². The summed E-state index contributed by atoms with van der Waals surface area (Å²) in [6.45, 7) is 1.96. The zero-order valence-electron chi connectivity index (χ0n) is 15.8. The predicted octanol–water partition coefficient (Wildman–Crippen LogP) is 4.49. The molecule has 4 rings (SSSR count). The van der Waals surface area contributed by atoms with Crippen molar-refractivity contribution in [3.05, 3.63) is 77.4 Å². The Labute approximate surface area is 167 Å². The summed E-state index contributed by atoms with van der Waals surface area (Å²) in [5.41, 5.74) is 3.87. The number of para-hydroxylation sites is 1. The second kappa shape index (κ2) is 7.86. The second-order valence-corrected chi connectivity index (χ2v) is 7.42. The van der Waals surface area contributed by atoms with Crippen LogP contribution < -0.4 is 10.1 Å². The van der Waals surface area contributed by atoms with Crippen LogP contribution in [0.2, 0.25) is 0 Å². The quantitative estimate of drug-likeness (QED) is 0.527. The molecule has 4 aromatic rings. The van der Waals surface area contributed by atoms with E-state index in [4.69, 9.17) is 4.74 Å². The van der Waals surface area contributed by atoms with E-state index in [1.165, 1.54) is 0 Å². The van der Waals surface area contributed by atoms with Crippen LogP contribution in [0.25, 0.3) is 16.2 Å². The molecule has 28 heavy (non-hydrogen) atoms. The normalized spacial score (nSPS) is 12.1. The van der Waals surface area contributed by atoms with Crippen LogP contribution in [0.3, 0.4) is 0 Å². The first-order valence-electron chi connectivity index (χ1n) is 9.09. The molecular weight excluding hydrogens is 370 g/mol. The van der Waals surface area contributed by atoms with Crippen molar-refractivity contribution in [2.75, 3.05) is 7.11 Å². The summed E-state index contributed by atoms with van der Waals surface area (Å²) in [5.74, 6) is 0.739. The fourth-order valence-electron chi connectivity index (χ4n) is 3.26. The Morgan fingerprint density at radius 2 is 1.93 bits per heavy atom. The van der Waals surface area contributed by atoms with E-state index in [9.17, 15) is 4.79 Å². The average molecular weight is 391 g/mol. The van der Waals surface area contributed by atoms with E-state index in [2.05, 4.69) is 10.3 Å². The zero-order chi connectivity index (χ0) is 19.5. The first-order chi connectivity index (χ1) is 13.7. The van der Waals surface area contributed by atoms with Gasteiger partial charge in [-0.05, 0) is 13.0 Å². The molecule has 0 saturated heterocycles. The Bertz CT molecular complexity index is 1100. The average Bonchev–Trinajstić information content (AvgIpc) is 3.30. The standard InChI is InChI=1S/C22H21N3O2S/c1-15(18-10-6-7-11-20(18)27-2)23-21(26)12-17-14-28-22-24-19(13-25(17)22)16-8-4-3-5-9-16/h3-11,13-15H,12H2,1-2H3,(H,23,26). The van der Waals surface area contributed by atoms with E-state index in [-0.39, 0.29) is 11.9 Å². The summed E-state index contributed by atoms with van der Waals surface area (Å²) in [6.07, 6.45) is 2.29. The number of rotatable bonds is 6. The summed E-state index contributed by atoms with van der Waals surface area (Å²) in [6, 6.07) is 17.6. The fraction of sp³-hybridized carbons (Fsp3) is 0.182. The van der Waals surface area contributed by atoms with E-state index < -0.39 is 0 Å². The minimum absolute atomic E-state index is 0.0342. The van der Waals surface area contributed by atoms with E-state index in [0.29, 0.717) is 6.42 Å². The summed E-state index contributed by atoms with van der Waals surface area (Å²) in [5, 5.41) is 5.05. The van der Waals surface area contributed by atoms with Gasteiger partial charge >= 0.3 is 0 Å². The summed E-state index contributed by atoms with van der Waals surface area (Å²) in [7, 11) is 1.64. The van der Waals surface area contributed by atoms with Gasteiger partial charge in [0, 0.05) is 28.4 Å². The lowest BCUT2D eigenvalue weighted by molar-refractivity contribution is -0.121. The minimum atomic E-state index is -0.138. The number of nitrogens with zero attached hydrogens (tertiary/aromatic N) is 2. The van der Waals surface area contributed by atoms with Gasteiger partial charge in [-0.15, -0.1) is 11.3 Å². The molecule has 5 nitrogen and oxygen atoms in total. The number of imidazole rings is 1. The van der Waals surface area contributed by atoms with Gasteiger partial charge in [-0.1, -0.05) is 48.5 Å². The molecule has 0 spiro atoms. The first-order valence-corrected chi connectivity index (χ1v) is 9.97. The van der Waals surface area contributed by atoms with Gasteiger partial charge in [0.2, 0.25) is 5.91 Å². The van der Waals surface area contributed by atoms with Gasteiger partial charge in [-0.25, -0.2) is 4.98 Å². The highest BCUT2D eigenvalue weighted by Crippen LogP contribution is 2.26. The van der Waals surface area contributed by atoms with Crippen molar-refractivity contribution >= 4 is 22.2 Å². The van der Waals surface area contributed by atoms with Gasteiger partial charge in [0.05, 0.1) is 25.3 Å². The molecule has 1 atom stereocenters. The highest BCUT2D eigenvalue weighted by atomic mass is 32.1. The van der Waals surface area contributed by atoms with Crippen LogP contribution >= 0.6 is 11.3 Å². The molecule has 0 aliphatic carbocycles. The molecule has 6 heteroatoms. The smallest absolute Gasteiger partial charge is 0.226 e. The maximum Gasteiger partial charge on any atom is 0.226 e. The van der Waals surface area contributed by atoms with Crippen LogP contribution in [0.1, 0.15) is 24.2 Å². The predicted molar refractivity (Wildman–Crippen MR) is 112 cm³/mol. The van der Waals surface area contributed by atoms with Gasteiger partial charge in [0.1, 0.15) is 5.75 Å². The highest BCUT2D eigenvalue weighted by molar-refractivity contribution is 7.15. The third kappa shape index (κ3) is 3.64. The monoisotopic (exact) mass is 391 g/mol. The molecule has 0 bridgehead atoms. The Kier molecular flexibility index (Phi) is 5.12. The highest BCUT2D eigenvalue weighted by Gasteiger charge is 2.16. The number of carbonyl (C=O) groups is 1. The molecule has 0 fully saturated rings. The maximum absolute atomic E-state index is 12.6.